The molecule has 31 heavy (non-hydrogen) atoms. The van der Waals surface area contributed by atoms with E-state index >= 15 is 0 Å². The number of amidine groups is 1. The van der Waals surface area contributed by atoms with E-state index < -0.39 is 0 Å². The second kappa shape index (κ2) is 9.95. The molecule has 0 aliphatic heterocycles. The molecule has 2 saturated carbocycles. The first-order valence-electron chi connectivity index (χ1n) is 11.8. The van der Waals surface area contributed by atoms with Crippen LogP contribution < -0.4 is 4.74 Å². The van der Waals surface area contributed by atoms with Gasteiger partial charge in [-0.2, -0.15) is 0 Å². The van der Waals surface area contributed by atoms with E-state index in [-0.39, 0.29) is 11.5 Å². The van der Waals surface area contributed by atoms with Crippen LogP contribution in [0.1, 0.15) is 69.5 Å². The van der Waals surface area contributed by atoms with Gasteiger partial charge in [0.05, 0.1) is 18.8 Å². The zero-order valence-corrected chi connectivity index (χ0v) is 20.0. The summed E-state index contributed by atoms with van der Waals surface area (Å²) in [6.07, 6.45) is 9.24. The maximum atomic E-state index is 11.7. The third-order valence-electron chi connectivity index (χ3n) is 7.21. The van der Waals surface area contributed by atoms with Crippen molar-refractivity contribution in [2.75, 3.05) is 26.0 Å². The number of amides is 1. The molecule has 2 fully saturated rings. The number of methoxy groups -OCH3 is 1. The molecular weight excluding hydrogens is 408 g/mol. The Kier molecular flexibility index (Phi) is 7.27. The van der Waals surface area contributed by atoms with Gasteiger partial charge < -0.3 is 9.47 Å². The number of benzene rings is 1. The number of thioether (sulfide) groups is 1. The second-order valence-electron chi connectivity index (χ2n) is 9.23. The Bertz CT molecular complexity index is 800. The predicted octanol–water partition coefficient (Wildman–Crippen LogP) is 5.24. The first-order valence-corrected chi connectivity index (χ1v) is 12.8. The standard InChI is InChI=1S/C25H36N2O3S/c1-4-27(17-28)24(31-5-2)26-23-22-14-21(30-16-18-6-7-18)9-8-19(22)15-25(23)12-10-20(29-3)11-13-25/h8-9,14,17-18,20,23H,4-7,10-13,15-16H2,1-3H3/b26-24+. The minimum atomic E-state index is 0.0628. The van der Waals surface area contributed by atoms with Crippen LogP contribution in [-0.2, 0) is 16.0 Å². The third kappa shape index (κ3) is 4.95. The summed E-state index contributed by atoms with van der Waals surface area (Å²) in [5.41, 5.74) is 2.78. The molecule has 1 aromatic rings. The maximum Gasteiger partial charge on any atom is 0.215 e. The number of rotatable bonds is 8. The van der Waals surface area contributed by atoms with Gasteiger partial charge in [0.1, 0.15) is 5.75 Å². The highest BCUT2D eigenvalue weighted by molar-refractivity contribution is 8.13. The number of ether oxygens (including phenoxy) is 2. The molecule has 170 valence electrons. The lowest BCUT2D eigenvalue weighted by Crippen LogP contribution is -2.35. The van der Waals surface area contributed by atoms with Crippen LogP contribution in [0.2, 0.25) is 0 Å². The van der Waals surface area contributed by atoms with Gasteiger partial charge in [-0.1, -0.05) is 24.8 Å². The smallest absolute Gasteiger partial charge is 0.215 e. The van der Waals surface area contributed by atoms with Gasteiger partial charge in [0.2, 0.25) is 6.41 Å². The quantitative estimate of drug-likeness (QED) is 0.313. The Morgan fingerprint density at radius 2 is 2.03 bits per heavy atom. The van der Waals surface area contributed by atoms with Crippen molar-refractivity contribution >= 4 is 23.3 Å². The fourth-order valence-electron chi connectivity index (χ4n) is 5.13. The van der Waals surface area contributed by atoms with E-state index in [1.54, 1.807) is 16.7 Å². The van der Waals surface area contributed by atoms with Gasteiger partial charge in [-0.15, -0.1) is 0 Å². The fourth-order valence-corrected chi connectivity index (χ4v) is 5.91. The zero-order valence-electron chi connectivity index (χ0n) is 19.1. The van der Waals surface area contributed by atoms with Gasteiger partial charge in [-0.3, -0.25) is 14.7 Å². The average Bonchev–Trinajstić information content (AvgIpc) is 3.58. The second-order valence-corrected chi connectivity index (χ2v) is 10.5. The summed E-state index contributed by atoms with van der Waals surface area (Å²) < 4.78 is 11.8. The Balaban J connectivity index is 1.68. The van der Waals surface area contributed by atoms with Gasteiger partial charge in [0.25, 0.3) is 0 Å². The molecule has 1 spiro atoms. The fraction of sp³-hybridized carbons (Fsp3) is 0.680. The van der Waals surface area contributed by atoms with Crippen molar-refractivity contribution in [3.8, 4) is 5.75 Å². The van der Waals surface area contributed by atoms with Crippen molar-refractivity contribution in [2.45, 2.75) is 70.9 Å². The number of carbonyl (C=O) groups excluding carboxylic acids is 1. The highest BCUT2D eigenvalue weighted by atomic mass is 32.2. The molecule has 3 aliphatic carbocycles. The number of fused-ring (bicyclic) bond motifs is 1. The molecule has 6 heteroatoms. The molecule has 0 N–H and O–H groups in total. The first kappa shape index (κ1) is 22.7. The van der Waals surface area contributed by atoms with E-state index in [0.717, 1.165) is 67.7 Å². The lowest BCUT2D eigenvalue weighted by molar-refractivity contribution is -0.114. The van der Waals surface area contributed by atoms with Crippen molar-refractivity contribution < 1.29 is 14.3 Å². The van der Waals surface area contributed by atoms with E-state index in [9.17, 15) is 4.79 Å². The van der Waals surface area contributed by atoms with Crippen LogP contribution in [-0.4, -0.2) is 48.6 Å². The molecular formula is C25H36N2O3S. The first-order chi connectivity index (χ1) is 15.1. The number of hydrogen-bond acceptors (Lipinski definition) is 5. The lowest BCUT2D eigenvalue weighted by Gasteiger charge is -2.40. The number of aliphatic imine (C=N–C) groups is 1. The minimum Gasteiger partial charge on any atom is -0.493 e. The number of nitrogens with zero attached hydrogens (tertiary/aromatic N) is 2. The molecule has 0 bridgehead atoms. The van der Waals surface area contributed by atoms with E-state index in [2.05, 4.69) is 25.1 Å². The van der Waals surface area contributed by atoms with Gasteiger partial charge in [-0.05, 0) is 86.8 Å². The topological polar surface area (TPSA) is 51.1 Å². The van der Waals surface area contributed by atoms with Crippen molar-refractivity contribution in [2.24, 2.45) is 16.3 Å². The van der Waals surface area contributed by atoms with E-state index in [4.69, 9.17) is 14.5 Å². The summed E-state index contributed by atoms with van der Waals surface area (Å²) in [6.45, 7) is 5.58. The molecule has 1 atom stereocenters. The highest BCUT2D eigenvalue weighted by Crippen LogP contribution is 2.57. The average molecular weight is 445 g/mol. The van der Waals surface area contributed by atoms with E-state index in [1.807, 2.05) is 14.0 Å². The maximum absolute atomic E-state index is 11.7. The molecule has 1 amide bonds. The van der Waals surface area contributed by atoms with Crippen molar-refractivity contribution in [1.29, 1.82) is 0 Å². The normalized spacial score (nSPS) is 27.9. The molecule has 0 saturated heterocycles. The summed E-state index contributed by atoms with van der Waals surface area (Å²) in [5.74, 6) is 2.59. The summed E-state index contributed by atoms with van der Waals surface area (Å²) in [5, 5.41) is 0.843. The molecule has 1 unspecified atom stereocenters. The Hall–Kier alpha value is -1.53. The minimum absolute atomic E-state index is 0.0628. The van der Waals surface area contributed by atoms with Gasteiger partial charge >= 0.3 is 0 Å². The monoisotopic (exact) mass is 444 g/mol. The number of hydrogen-bond donors (Lipinski definition) is 0. The SMILES string of the molecule is CCS/C(=N/C1c2cc(OCC3CC3)ccc2CC12CCC(OC)CC2)N(C=O)CC. The van der Waals surface area contributed by atoms with Gasteiger partial charge in [-0.25, -0.2) is 0 Å². The van der Waals surface area contributed by atoms with Crippen molar-refractivity contribution in [3.05, 3.63) is 29.3 Å². The Morgan fingerprint density at radius 3 is 2.65 bits per heavy atom. The Morgan fingerprint density at radius 1 is 1.26 bits per heavy atom. The van der Waals surface area contributed by atoms with Gasteiger partial charge in [0, 0.05) is 19.1 Å². The van der Waals surface area contributed by atoms with E-state index in [0.29, 0.717) is 12.6 Å². The molecule has 1 aromatic carbocycles. The molecule has 5 nitrogen and oxygen atoms in total. The summed E-state index contributed by atoms with van der Waals surface area (Å²) in [4.78, 5) is 18.8. The van der Waals surface area contributed by atoms with Crippen LogP contribution in [0.3, 0.4) is 0 Å². The Labute approximate surface area is 191 Å². The van der Waals surface area contributed by atoms with Crippen LogP contribution in [0.15, 0.2) is 23.2 Å². The van der Waals surface area contributed by atoms with Crippen LogP contribution in [0.25, 0.3) is 0 Å². The van der Waals surface area contributed by atoms with Crippen LogP contribution in [0.5, 0.6) is 5.75 Å². The largest absolute Gasteiger partial charge is 0.493 e. The van der Waals surface area contributed by atoms with Gasteiger partial charge in [0.15, 0.2) is 5.17 Å². The summed E-state index contributed by atoms with van der Waals surface area (Å²) in [6, 6.07) is 6.68. The summed E-state index contributed by atoms with van der Waals surface area (Å²) >= 11 is 1.66. The van der Waals surface area contributed by atoms with Crippen molar-refractivity contribution in [3.63, 3.8) is 0 Å². The van der Waals surface area contributed by atoms with Crippen LogP contribution in [0, 0.1) is 11.3 Å². The van der Waals surface area contributed by atoms with Crippen LogP contribution in [0.4, 0.5) is 0 Å². The van der Waals surface area contributed by atoms with E-state index in [1.165, 1.54) is 24.0 Å². The van der Waals surface area contributed by atoms with Crippen LogP contribution >= 0.6 is 11.8 Å². The third-order valence-corrected chi connectivity index (χ3v) is 8.09. The zero-order chi connectivity index (χ0) is 21.8. The lowest BCUT2D eigenvalue weighted by atomic mass is 9.69. The van der Waals surface area contributed by atoms with Crippen molar-refractivity contribution in [1.82, 2.24) is 4.90 Å². The summed E-state index contributed by atoms with van der Waals surface area (Å²) in [7, 11) is 1.82. The highest BCUT2D eigenvalue weighted by Gasteiger charge is 2.48. The molecule has 0 heterocycles. The number of carbonyl (C=O) groups is 1. The molecule has 0 radical (unpaired) electrons. The predicted molar refractivity (Wildman–Crippen MR) is 127 cm³/mol. The molecule has 3 aliphatic rings. The molecule has 0 aromatic heterocycles. The molecule has 4 rings (SSSR count).